The molecule has 0 radical (unpaired) electrons. The normalized spacial score (nSPS) is 13.0. The van der Waals surface area contributed by atoms with E-state index in [1.807, 2.05) is 48.5 Å². The van der Waals surface area contributed by atoms with Crippen molar-refractivity contribution >= 4 is 11.9 Å². The van der Waals surface area contributed by atoms with Gasteiger partial charge in [-0.3, -0.25) is 4.79 Å². The van der Waals surface area contributed by atoms with Crippen LogP contribution in [0.5, 0.6) is 5.75 Å². The molecule has 4 aromatic rings. The van der Waals surface area contributed by atoms with E-state index in [9.17, 15) is 14.7 Å². The Kier molecular flexibility index (Phi) is 12.6. The van der Waals surface area contributed by atoms with Gasteiger partial charge in [0.15, 0.2) is 11.9 Å². The summed E-state index contributed by atoms with van der Waals surface area (Å²) in [6.45, 7) is 2.94. The molecule has 3 atom stereocenters. The number of ether oxygens (including phenoxy) is 2. The first kappa shape index (κ1) is 33.3. The van der Waals surface area contributed by atoms with Gasteiger partial charge in [0.05, 0.1) is 19.8 Å². The maximum Gasteiger partial charge on any atom is 0.331 e. The van der Waals surface area contributed by atoms with Gasteiger partial charge in [0.1, 0.15) is 11.9 Å². The first-order chi connectivity index (χ1) is 21.9. The topological polar surface area (TPSA) is 137 Å². The molecule has 0 bridgehead atoms. The third-order valence-electron chi connectivity index (χ3n) is 7.57. The fourth-order valence-corrected chi connectivity index (χ4v) is 4.90. The Labute approximate surface area is 264 Å². The number of unbranched alkanes of at least 4 members (excludes halogenated alkanes) is 4. The molecule has 2 unspecified atom stereocenters. The minimum absolute atomic E-state index is 0.222. The number of nitrogens with two attached hydrogens (primary N) is 1. The second kappa shape index (κ2) is 17.0. The number of nitrogens with zero attached hydrogens (tertiary/aromatic N) is 2. The third kappa shape index (κ3) is 9.69. The van der Waals surface area contributed by atoms with Gasteiger partial charge in [-0.15, -0.1) is 0 Å². The molecular formula is C36H42N4O5. The number of aliphatic hydroxyl groups is 1. The zero-order valence-electron chi connectivity index (χ0n) is 25.9. The first-order valence-corrected chi connectivity index (χ1v) is 15.4. The Morgan fingerprint density at radius 1 is 0.844 bits per heavy atom. The summed E-state index contributed by atoms with van der Waals surface area (Å²) in [4.78, 5) is 34.3. The summed E-state index contributed by atoms with van der Waals surface area (Å²) in [5.74, 6) is 0.0884. The van der Waals surface area contributed by atoms with Gasteiger partial charge < -0.3 is 25.6 Å². The van der Waals surface area contributed by atoms with Crippen molar-refractivity contribution in [3.8, 4) is 28.3 Å². The summed E-state index contributed by atoms with van der Waals surface area (Å²) < 4.78 is 10.7. The summed E-state index contributed by atoms with van der Waals surface area (Å²) in [6, 6.07) is 21.8. The lowest BCUT2D eigenvalue weighted by Crippen LogP contribution is -2.51. The number of hydrogen-bond acceptors (Lipinski definition) is 8. The number of amides is 1. The van der Waals surface area contributed by atoms with E-state index >= 15 is 0 Å². The Morgan fingerprint density at radius 3 is 2.13 bits per heavy atom. The third-order valence-corrected chi connectivity index (χ3v) is 7.57. The van der Waals surface area contributed by atoms with E-state index < -0.39 is 30.1 Å². The fraction of sp³-hybridized carbons (Fsp3) is 0.333. The predicted molar refractivity (Wildman–Crippen MR) is 174 cm³/mol. The molecule has 0 saturated carbocycles. The molecule has 9 nitrogen and oxygen atoms in total. The van der Waals surface area contributed by atoms with Gasteiger partial charge in [-0.1, -0.05) is 99.3 Å². The van der Waals surface area contributed by atoms with Crippen molar-refractivity contribution in [3.63, 3.8) is 0 Å². The monoisotopic (exact) mass is 610 g/mol. The molecule has 1 amide bonds. The predicted octanol–water partition coefficient (Wildman–Crippen LogP) is 5.42. The van der Waals surface area contributed by atoms with Crippen LogP contribution in [0.25, 0.3) is 22.5 Å². The van der Waals surface area contributed by atoms with E-state index in [1.54, 1.807) is 42.7 Å². The second-order valence-corrected chi connectivity index (χ2v) is 11.0. The number of carbonyl (C=O) groups excluding carboxylic acids is 2. The van der Waals surface area contributed by atoms with Gasteiger partial charge in [-0.25, -0.2) is 14.8 Å². The highest BCUT2D eigenvalue weighted by atomic mass is 16.5. The van der Waals surface area contributed by atoms with Crippen LogP contribution < -0.4 is 15.8 Å². The Balaban J connectivity index is 1.30. The van der Waals surface area contributed by atoms with Gasteiger partial charge in [-0.2, -0.15) is 0 Å². The average Bonchev–Trinajstić information content (AvgIpc) is 3.09. The molecule has 0 saturated heterocycles. The molecule has 0 fully saturated rings. The van der Waals surface area contributed by atoms with Crippen molar-refractivity contribution in [2.24, 2.45) is 5.73 Å². The van der Waals surface area contributed by atoms with Crippen LogP contribution >= 0.6 is 0 Å². The summed E-state index contributed by atoms with van der Waals surface area (Å²) >= 11 is 0. The van der Waals surface area contributed by atoms with Gasteiger partial charge >= 0.3 is 5.97 Å². The quantitative estimate of drug-likeness (QED) is 0.113. The average molecular weight is 611 g/mol. The van der Waals surface area contributed by atoms with E-state index in [0.717, 1.165) is 41.0 Å². The number of esters is 1. The summed E-state index contributed by atoms with van der Waals surface area (Å²) in [7, 11) is 1.20. The van der Waals surface area contributed by atoms with Gasteiger partial charge in [0.2, 0.25) is 5.91 Å². The van der Waals surface area contributed by atoms with Crippen LogP contribution in [0.15, 0.2) is 91.3 Å². The first-order valence-electron chi connectivity index (χ1n) is 15.4. The highest BCUT2D eigenvalue weighted by molar-refractivity contribution is 5.88. The van der Waals surface area contributed by atoms with Crippen molar-refractivity contribution in [2.45, 2.75) is 63.6 Å². The smallest absolute Gasteiger partial charge is 0.331 e. The molecule has 1 heterocycles. The fourth-order valence-electron chi connectivity index (χ4n) is 4.90. The highest BCUT2D eigenvalue weighted by Crippen LogP contribution is 2.24. The van der Waals surface area contributed by atoms with E-state index in [2.05, 4.69) is 22.2 Å². The molecule has 45 heavy (non-hydrogen) atoms. The summed E-state index contributed by atoms with van der Waals surface area (Å²) in [5, 5.41) is 13.3. The Morgan fingerprint density at radius 2 is 1.49 bits per heavy atom. The van der Waals surface area contributed by atoms with Crippen LogP contribution in [-0.2, 0) is 20.7 Å². The van der Waals surface area contributed by atoms with Crippen molar-refractivity contribution in [1.82, 2.24) is 15.3 Å². The lowest BCUT2D eigenvalue weighted by molar-refractivity contribution is -0.148. The number of carbonyl (C=O) groups is 2. The van der Waals surface area contributed by atoms with Gasteiger partial charge in [-0.05, 0) is 41.7 Å². The zero-order chi connectivity index (χ0) is 32.0. The van der Waals surface area contributed by atoms with E-state index in [0.29, 0.717) is 11.4 Å². The van der Waals surface area contributed by atoms with Crippen LogP contribution in [0.1, 0.15) is 56.3 Å². The lowest BCUT2D eigenvalue weighted by Gasteiger charge is -2.24. The Bertz CT molecular complexity index is 1480. The van der Waals surface area contributed by atoms with Crippen molar-refractivity contribution in [1.29, 1.82) is 0 Å². The second-order valence-electron chi connectivity index (χ2n) is 11.0. The van der Waals surface area contributed by atoms with E-state index in [4.69, 9.17) is 15.2 Å². The van der Waals surface area contributed by atoms with Crippen LogP contribution in [0, 0.1) is 0 Å². The highest BCUT2D eigenvalue weighted by Gasteiger charge is 2.32. The number of benzene rings is 3. The van der Waals surface area contributed by atoms with Crippen molar-refractivity contribution < 1.29 is 24.2 Å². The zero-order valence-corrected chi connectivity index (χ0v) is 25.9. The van der Waals surface area contributed by atoms with Crippen LogP contribution in [0.4, 0.5) is 0 Å². The molecule has 0 aliphatic rings. The molecule has 0 aliphatic carbocycles. The number of hydrogen-bond donors (Lipinski definition) is 3. The minimum atomic E-state index is -1.30. The van der Waals surface area contributed by atoms with Crippen LogP contribution in [-0.4, -0.2) is 52.8 Å². The Hall–Kier alpha value is -4.60. The lowest BCUT2D eigenvalue weighted by atomic mass is 10.0. The van der Waals surface area contributed by atoms with E-state index in [-0.39, 0.29) is 6.42 Å². The number of nitrogens with one attached hydrogen (secondary N) is 1. The maximum absolute atomic E-state index is 12.9. The van der Waals surface area contributed by atoms with E-state index in [1.165, 1.54) is 32.8 Å². The van der Waals surface area contributed by atoms with Crippen molar-refractivity contribution in [2.75, 3.05) is 13.7 Å². The molecule has 4 rings (SSSR count). The van der Waals surface area contributed by atoms with Crippen LogP contribution in [0.3, 0.4) is 0 Å². The SMILES string of the molecule is CCCCCCCOc1ccc(-c2cnc(-c3ccc(C[C@H](N)C(=O)NC(C(=O)OC)C(O)c4ccccc4)cc3)nc2)cc1. The molecule has 9 heteroatoms. The maximum atomic E-state index is 12.9. The van der Waals surface area contributed by atoms with Gasteiger partial charge in [0.25, 0.3) is 0 Å². The molecule has 1 aromatic heterocycles. The van der Waals surface area contributed by atoms with Gasteiger partial charge in [0, 0.05) is 23.5 Å². The summed E-state index contributed by atoms with van der Waals surface area (Å²) in [6.07, 6.45) is 8.56. The number of aromatic nitrogens is 2. The molecule has 0 spiro atoms. The molecule has 236 valence electrons. The number of aliphatic hydroxyl groups excluding tert-OH is 1. The minimum Gasteiger partial charge on any atom is -0.494 e. The van der Waals surface area contributed by atoms with Crippen LogP contribution in [0.2, 0.25) is 0 Å². The molecule has 0 aliphatic heterocycles. The molecular weight excluding hydrogens is 568 g/mol. The molecule has 4 N–H and O–H groups in total. The van der Waals surface area contributed by atoms with Crippen molar-refractivity contribution in [3.05, 3.63) is 102 Å². The summed E-state index contributed by atoms with van der Waals surface area (Å²) in [5.41, 5.74) is 10.2. The molecule has 3 aromatic carbocycles. The number of methoxy groups -OCH3 is 1. The largest absolute Gasteiger partial charge is 0.494 e. The number of rotatable bonds is 16. The standard InChI is InChI=1S/C36H42N4O5/c1-3-4-5-6-10-21-45-30-19-17-26(18-20-30)29-23-38-34(39-24-29)28-15-13-25(14-16-28)22-31(37)35(42)40-32(36(43)44-2)33(41)27-11-8-7-9-12-27/h7-9,11-20,23-24,31-33,41H,3-6,10,21-22,37H2,1-2H3,(H,40,42)/t31-,32?,33?/m0/s1.